The number of hydrogen-bond acceptors (Lipinski definition) is 3. The maximum absolute atomic E-state index is 6.08. The fourth-order valence-corrected chi connectivity index (χ4v) is 3.64. The van der Waals surface area contributed by atoms with Crippen LogP contribution in [-0.4, -0.2) is 14.2 Å². The fourth-order valence-electron chi connectivity index (χ4n) is 1.91. The van der Waals surface area contributed by atoms with E-state index in [0.29, 0.717) is 5.02 Å². The molecule has 0 radical (unpaired) electrons. The minimum Gasteiger partial charge on any atom is -0.496 e. The Bertz CT molecular complexity index is 544. The molecule has 1 N–H and O–H groups in total. The van der Waals surface area contributed by atoms with Crippen LogP contribution in [0.3, 0.4) is 0 Å². The molecule has 0 bridgehead atoms. The Morgan fingerprint density at radius 3 is 2.67 bits per heavy atom. The summed E-state index contributed by atoms with van der Waals surface area (Å²) in [4.78, 5) is 0. The van der Waals surface area contributed by atoms with Crippen LogP contribution in [0.5, 0.6) is 5.75 Å². The molecule has 2 nitrogen and oxygen atoms in total. The van der Waals surface area contributed by atoms with E-state index >= 15 is 0 Å². The van der Waals surface area contributed by atoms with Crippen molar-refractivity contribution in [3.05, 3.63) is 49.6 Å². The first-order chi connectivity index (χ1) is 8.67. The van der Waals surface area contributed by atoms with Gasteiger partial charge in [-0.1, -0.05) is 11.6 Å². The maximum atomic E-state index is 6.08. The van der Waals surface area contributed by atoms with E-state index in [1.807, 2.05) is 25.2 Å². The van der Waals surface area contributed by atoms with Crippen molar-refractivity contribution < 1.29 is 4.74 Å². The van der Waals surface area contributed by atoms with Crippen molar-refractivity contribution in [1.29, 1.82) is 0 Å². The largest absolute Gasteiger partial charge is 0.496 e. The third kappa shape index (κ3) is 2.72. The van der Waals surface area contributed by atoms with Gasteiger partial charge < -0.3 is 10.1 Å². The first kappa shape index (κ1) is 13.9. The van der Waals surface area contributed by atoms with Crippen LogP contribution >= 0.6 is 38.9 Å². The molecule has 0 aliphatic carbocycles. The molecule has 0 fully saturated rings. The summed E-state index contributed by atoms with van der Waals surface area (Å²) < 4.78 is 6.50. The van der Waals surface area contributed by atoms with E-state index in [0.717, 1.165) is 15.8 Å². The monoisotopic (exact) mass is 345 g/mol. The Hall–Kier alpha value is -0.550. The van der Waals surface area contributed by atoms with Crippen molar-refractivity contribution in [2.45, 2.75) is 6.04 Å². The Balaban J connectivity index is 2.51. The fraction of sp³-hybridized carbons (Fsp3) is 0.231. The summed E-state index contributed by atoms with van der Waals surface area (Å²) in [5.41, 5.74) is 2.22. The van der Waals surface area contributed by atoms with Crippen molar-refractivity contribution in [3.8, 4) is 5.75 Å². The molecule has 1 heterocycles. The van der Waals surface area contributed by atoms with E-state index in [4.69, 9.17) is 16.3 Å². The molecule has 0 aliphatic heterocycles. The summed E-state index contributed by atoms with van der Waals surface area (Å²) in [5.74, 6) is 0.830. The normalized spacial score (nSPS) is 12.4. The van der Waals surface area contributed by atoms with E-state index in [1.54, 1.807) is 18.4 Å². The lowest BCUT2D eigenvalue weighted by Gasteiger charge is -2.19. The van der Waals surface area contributed by atoms with Crippen molar-refractivity contribution >= 4 is 38.9 Å². The zero-order valence-corrected chi connectivity index (χ0v) is 13.2. The second-order valence-electron chi connectivity index (χ2n) is 3.78. The van der Waals surface area contributed by atoms with Gasteiger partial charge >= 0.3 is 0 Å². The van der Waals surface area contributed by atoms with Gasteiger partial charge in [0, 0.05) is 20.4 Å². The van der Waals surface area contributed by atoms with Crippen LogP contribution in [0.4, 0.5) is 0 Å². The number of rotatable bonds is 4. The van der Waals surface area contributed by atoms with E-state index in [2.05, 4.69) is 32.0 Å². The van der Waals surface area contributed by atoms with Gasteiger partial charge in [0.1, 0.15) is 5.75 Å². The molecular formula is C13H13BrClNOS. The lowest BCUT2D eigenvalue weighted by molar-refractivity contribution is 0.405. The molecule has 1 aromatic heterocycles. The Labute approximate surface area is 124 Å². The van der Waals surface area contributed by atoms with E-state index in [-0.39, 0.29) is 6.04 Å². The standard InChI is InChI=1S/C13H13BrClNOS/c1-16-13(10-6-18-7-11(10)14)9-5-8(15)3-4-12(9)17-2/h3-7,13,16H,1-2H3. The number of methoxy groups -OCH3 is 1. The molecule has 2 rings (SSSR count). The molecule has 0 saturated carbocycles. The smallest absolute Gasteiger partial charge is 0.124 e. The predicted molar refractivity (Wildman–Crippen MR) is 80.9 cm³/mol. The van der Waals surface area contributed by atoms with Gasteiger partial charge in [0.2, 0.25) is 0 Å². The molecule has 2 aromatic rings. The Morgan fingerprint density at radius 1 is 1.33 bits per heavy atom. The van der Waals surface area contributed by atoms with Gasteiger partial charge in [-0.2, -0.15) is 11.3 Å². The maximum Gasteiger partial charge on any atom is 0.124 e. The summed E-state index contributed by atoms with van der Waals surface area (Å²) in [5, 5.41) is 8.19. The van der Waals surface area contributed by atoms with Gasteiger partial charge in [0.25, 0.3) is 0 Å². The topological polar surface area (TPSA) is 21.3 Å². The summed E-state index contributed by atoms with van der Waals surface area (Å²) in [6, 6.07) is 5.71. The van der Waals surface area contributed by atoms with E-state index < -0.39 is 0 Å². The summed E-state index contributed by atoms with van der Waals surface area (Å²) in [6.07, 6.45) is 0. The second-order valence-corrected chi connectivity index (χ2v) is 5.82. The number of hydrogen-bond donors (Lipinski definition) is 1. The van der Waals surface area contributed by atoms with Gasteiger partial charge in [-0.05, 0) is 52.1 Å². The molecule has 1 atom stereocenters. The molecule has 0 saturated heterocycles. The first-order valence-electron chi connectivity index (χ1n) is 5.39. The molecular weight excluding hydrogens is 334 g/mol. The molecule has 0 spiro atoms. The molecule has 18 heavy (non-hydrogen) atoms. The van der Waals surface area contributed by atoms with Gasteiger partial charge in [-0.25, -0.2) is 0 Å². The van der Waals surface area contributed by atoms with Crippen molar-refractivity contribution in [2.24, 2.45) is 0 Å². The highest BCUT2D eigenvalue weighted by atomic mass is 79.9. The highest BCUT2D eigenvalue weighted by molar-refractivity contribution is 9.10. The number of ether oxygens (including phenoxy) is 1. The molecule has 96 valence electrons. The van der Waals surface area contributed by atoms with Crippen LogP contribution in [0.15, 0.2) is 33.4 Å². The average molecular weight is 347 g/mol. The zero-order chi connectivity index (χ0) is 13.1. The van der Waals surface area contributed by atoms with Gasteiger partial charge in [0.05, 0.1) is 13.2 Å². The van der Waals surface area contributed by atoms with Crippen LogP contribution in [-0.2, 0) is 0 Å². The van der Waals surface area contributed by atoms with Crippen molar-refractivity contribution in [1.82, 2.24) is 5.32 Å². The summed E-state index contributed by atoms with van der Waals surface area (Å²) in [7, 11) is 3.59. The van der Waals surface area contributed by atoms with Crippen LogP contribution in [0.2, 0.25) is 5.02 Å². The van der Waals surface area contributed by atoms with E-state index in [1.165, 1.54) is 5.56 Å². The van der Waals surface area contributed by atoms with Crippen LogP contribution < -0.4 is 10.1 Å². The molecule has 0 aliphatic rings. The minimum atomic E-state index is 0.0549. The molecule has 1 aromatic carbocycles. The molecule has 1 unspecified atom stereocenters. The molecule has 5 heteroatoms. The van der Waals surface area contributed by atoms with Gasteiger partial charge in [0.15, 0.2) is 0 Å². The lowest BCUT2D eigenvalue weighted by Crippen LogP contribution is -2.18. The van der Waals surface area contributed by atoms with E-state index in [9.17, 15) is 0 Å². The lowest BCUT2D eigenvalue weighted by atomic mass is 10.0. The van der Waals surface area contributed by atoms with Gasteiger partial charge in [-0.3, -0.25) is 0 Å². The third-order valence-electron chi connectivity index (χ3n) is 2.74. The average Bonchev–Trinajstić information content (AvgIpc) is 2.77. The molecule has 0 amide bonds. The quantitative estimate of drug-likeness (QED) is 0.881. The number of halogens is 2. The van der Waals surface area contributed by atoms with Gasteiger partial charge in [-0.15, -0.1) is 0 Å². The van der Waals surface area contributed by atoms with Crippen LogP contribution in [0.1, 0.15) is 17.2 Å². The number of thiophene rings is 1. The summed E-state index contributed by atoms with van der Waals surface area (Å²) >= 11 is 11.3. The predicted octanol–water partition coefficient (Wildman–Crippen LogP) is 4.48. The minimum absolute atomic E-state index is 0.0549. The highest BCUT2D eigenvalue weighted by Gasteiger charge is 2.19. The Kier molecular flexibility index (Phi) is 4.67. The Morgan fingerprint density at radius 2 is 2.11 bits per heavy atom. The van der Waals surface area contributed by atoms with Crippen molar-refractivity contribution in [3.63, 3.8) is 0 Å². The van der Waals surface area contributed by atoms with Crippen molar-refractivity contribution in [2.75, 3.05) is 14.2 Å². The first-order valence-corrected chi connectivity index (χ1v) is 7.51. The number of benzene rings is 1. The summed E-state index contributed by atoms with van der Waals surface area (Å²) in [6.45, 7) is 0. The number of nitrogens with one attached hydrogen (secondary N) is 1. The SMILES string of the molecule is CNC(c1cscc1Br)c1cc(Cl)ccc1OC. The second kappa shape index (κ2) is 6.06. The highest BCUT2D eigenvalue weighted by Crippen LogP contribution is 2.36. The van der Waals surface area contributed by atoms with Crippen LogP contribution in [0, 0.1) is 0 Å². The third-order valence-corrected chi connectivity index (χ3v) is 4.73. The van der Waals surface area contributed by atoms with Crippen LogP contribution in [0.25, 0.3) is 0 Å². The zero-order valence-electron chi connectivity index (χ0n) is 10.0.